The third kappa shape index (κ3) is 4.91. The van der Waals surface area contributed by atoms with Gasteiger partial charge in [0.15, 0.2) is 4.96 Å². The molecule has 0 fully saturated rings. The third-order valence-corrected chi connectivity index (χ3v) is 7.55. The first-order valence-electron chi connectivity index (χ1n) is 10.9. The maximum Gasteiger partial charge on any atom is 0.240 e. The number of halogens is 1. The number of hydrogen-bond acceptors (Lipinski definition) is 8. The van der Waals surface area contributed by atoms with E-state index in [1.807, 2.05) is 40.2 Å². The van der Waals surface area contributed by atoms with Crippen LogP contribution in [0.2, 0.25) is 0 Å². The first-order chi connectivity index (χ1) is 17.4. The van der Waals surface area contributed by atoms with Crippen LogP contribution in [0.1, 0.15) is 0 Å². The molecule has 12 heteroatoms. The molecule has 184 valence electrons. The Balaban J connectivity index is 1.34. The lowest BCUT2D eigenvalue weighted by Gasteiger charge is -2.09. The van der Waals surface area contributed by atoms with Crippen molar-refractivity contribution < 1.29 is 17.5 Å². The predicted molar refractivity (Wildman–Crippen MR) is 136 cm³/mol. The molecule has 0 aliphatic rings. The topological polar surface area (TPSA) is 111 Å². The van der Waals surface area contributed by atoms with E-state index in [4.69, 9.17) is 9.72 Å². The molecule has 3 aromatic heterocycles. The molecule has 0 atom stereocenters. The van der Waals surface area contributed by atoms with Gasteiger partial charge in [-0.15, -0.1) is 11.3 Å². The molecule has 0 saturated heterocycles. The van der Waals surface area contributed by atoms with Crippen LogP contribution in [0.4, 0.5) is 10.3 Å². The molecule has 0 aliphatic heterocycles. The molecule has 2 N–H and O–H groups in total. The fourth-order valence-corrected chi connectivity index (χ4v) is 5.41. The average Bonchev–Trinajstić information content (AvgIpc) is 3.48. The molecule has 0 saturated carbocycles. The van der Waals surface area contributed by atoms with Crippen LogP contribution in [0.15, 0.2) is 77.3 Å². The van der Waals surface area contributed by atoms with Gasteiger partial charge in [0, 0.05) is 36.4 Å². The molecule has 36 heavy (non-hydrogen) atoms. The van der Waals surface area contributed by atoms with Gasteiger partial charge in [0.25, 0.3) is 0 Å². The monoisotopic (exact) mass is 524 g/mol. The van der Waals surface area contributed by atoms with Gasteiger partial charge in [-0.25, -0.2) is 32.5 Å². The number of hydrogen-bond donors (Lipinski definition) is 2. The van der Waals surface area contributed by atoms with E-state index in [-0.39, 0.29) is 18.0 Å². The van der Waals surface area contributed by atoms with Crippen molar-refractivity contribution in [2.24, 2.45) is 0 Å². The highest BCUT2D eigenvalue weighted by Gasteiger charge is 2.19. The summed E-state index contributed by atoms with van der Waals surface area (Å²) >= 11 is 1.52. The van der Waals surface area contributed by atoms with E-state index < -0.39 is 15.8 Å². The molecule has 5 rings (SSSR count). The number of methoxy groups -OCH3 is 1. The zero-order chi connectivity index (χ0) is 25.1. The van der Waals surface area contributed by atoms with E-state index in [9.17, 15) is 12.8 Å². The highest BCUT2D eigenvalue weighted by molar-refractivity contribution is 7.89. The number of fused-ring (bicyclic) bond motifs is 1. The van der Waals surface area contributed by atoms with Crippen molar-refractivity contribution in [2.45, 2.75) is 4.90 Å². The Kier molecular flexibility index (Phi) is 6.63. The number of ether oxygens (including phenoxy) is 1. The maximum atomic E-state index is 13.4. The zero-order valence-corrected chi connectivity index (χ0v) is 20.7. The standard InChI is InChI=1S/C24H21FN6O3S2/c1-34-18-7-5-16(6-8-18)21-22(31-13-14-35-24(31)30-21)20-9-10-26-23(29-20)27-11-12-28-36(32,33)19-4-2-3-17(25)15-19/h2-10,13-15,28H,11-12H2,1H3,(H,26,27,29). The number of nitrogens with zero attached hydrogens (tertiary/aromatic N) is 4. The van der Waals surface area contributed by atoms with Gasteiger partial charge in [0.1, 0.15) is 17.3 Å². The minimum atomic E-state index is -3.83. The average molecular weight is 525 g/mol. The summed E-state index contributed by atoms with van der Waals surface area (Å²) in [4.78, 5) is 14.4. The van der Waals surface area contributed by atoms with Gasteiger partial charge in [0.05, 0.1) is 23.4 Å². The molecule has 0 unspecified atom stereocenters. The first kappa shape index (κ1) is 23.9. The van der Waals surface area contributed by atoms with Crippen molar-refractivity contribution in [2.75, 3.05) is 25.5 Å². The Morgan fingerprint density at radius 1 is 1.08 bits per heavy atom. The van der Waals surface area contributed by atoms with E-state index in [1.165, 1.54) is 29.5 Å². The minimum Gasteiger partial charge on any atom is -0.497 e. The van der Waals surface area contributed by atoms with Crippen LogP contribution in [0, 0.1) is 5.82 Å². The van der Waals surface area contributed by atoms with Gasteiger partial charge >= 0.3 is 0 Å². The van der Waals surface area contributed by atoms with E-state index in [2.05, 4.69) is 20.0 Å². The molecular weight excluding hydrogens is 503 g/mol. The number of nitrogens with one attached hydrogen (secondary N) is 2. The largest absolute Gasteiger partial charge is 0.497 e. The lowest BCUT2D eigenvalue weighted by Crippen LogP contribution is -2.29. The SMILES string of the molecule is COc1ccc(-c2nc3sccn3c2-c2ccnc(NCCNS(=O)(=O)c3cccc(F)c3)n2)cc1. The molecule has 3 heterocycles. The van der Waals surface area contributed by atoms with Gasteiger partial charge in [-0.2, -0.15) is 0 Å². The summed E-state index contributed by atoms with van der Waals surface area (Å²) in [5.74, 6) is 0.473. The second kappa shape index (κ2) is 10.0. The van der Waals surface area contributed by atoms with E-state index >= 15 is 0 Å². The number of benzene rings is 2. The molecule has 2 aromatic carbocycles. The van der Waals surface area contributed by atoms with Crippen molar-refractivity contribution >= 4 is 32.3 Å². The van der Waals surface area contributed by atoms with E-state index in [0.29, 0.717) is 11.6 Å². The summed E-state index contributed by atoms with van der Waals surface area (Å²) in [5, 5.41) is 4.98. The van der Waals surface area contributed by atoms with Crippen LogP contribution in [0.5, 0.6) is 5.75 Å². The Hall–Kier alpha value is -3.87. The van der Waals surface area contributed by atoms with Crippen molar-refractivity contribution in [3.05, 3.63) is 78.2 Å². The highest BCUT2D eigenvalue weighted by Crippen LogP contribution is 2.34. The van der Waals surface area contributed by atoms with Gasteiger partial charge in [-0.05, 0) is 48.5 Å². The Labute approximate surface area is 210 Å². The number of sulfonamides is 1. The van der Waals surface area contributed by atoms with Crippen LogP contribution in [-0.2, 0) is 10.0 Å². The fraction of sp³-hybridized carbons (Fsp3) is 0.125. The lowest BCUT2D eigenvalue weighted by molar-refractivity contribution is 0.415. The summed E-state index contributed by atoms with van der Waals surface area (Å²) in [6.45, 7) is 0.286. The molecule has 0 aliphatic carbocycles. The van der Waals surface area contributed by atoms with Crippen LogP contribution >= 0.6 is 11.3 Å². The second-order valence-electron chi connectivity index (χ2n) is 7.64. The predicted octanol–water partition coefficient (Wildman–Crippen LogP) is 4.06. The molecule has 9 nitrogen and oxygen atoms in total. The third-order valence-electron chi connectivity index (χ3n) is 5.33. The number of anilines is 1. The van der Waals surface area contributed by atoms with Gasteiger partial charge in [-0.1, -0.05) is 6.07 Å². The molecular formula is C24H21FN6O3S2. The molecule has 5 aromatic rings. The molecule has 0 amide bonds. The molecule has 0 radical (unpaired) electrons. The summed E-state index contributed by atoms with van der Waals surface area (Å²) in [7, 11) is -2.21. The minimum absolute atomic E-state index is 0.0605. The molecule has 0 spiro atoms. The van der Waals surface area contributed by atoms with E-state index in [0.717, 1.165) is 33.7 Å². The normalized spacial score (nSPS) is 11.6. The van der Waals surface area contributed by atoms with E-state index in [1.54, 1.807) is 19.4 Å². The van der Waals surface area contributed by atoms with Crippen molar-refractivity contribution in [3.8, 4) is 28.4 Å². The van der Waals surface area contributed by atoms with Crippen LogP contribution in [0.25, 0.3) is 27.6 Å². The van der Waals surface area contributed by atoms with Crippen LogP contribution in [0.3, 0.4) is 0 Å². The highest BCUT2D eigenvalue weighted by atomic mass is 32.2. The summed E-state index contributed by atoms with van der Waals surface area (Å²) in [6, 6.07) is 14.3. The van der Waals surface area contributed by atoms with Gasteiger partial charge in [0.2, 0.25) is 16.0 Å². The summed E-state index contributed by atoms with van der Waals surface area (Å²) in [5.41, 5.74) is 3.16. The number of imidazole rings is 1. The fourth-order valence-electron chi connectivity index (χ4n) is 3.63. The zero-order valence-electron chi connectivity index (χ0n) is 19.1. The van der Waals surface area contributed by atoms with Crippen molar-refractivity contribution in [1.29, 1.82) is 0 Å². The maximum absolute atomic E-state index is 13.4. The smallest absolute Gasteiger partial charge is 0.240 e. The van der Waals surface area contributed by atoms with Crippen LogP contribution in [-0.4, -0.2) is 48.0 Å². The van der Waals surface area contributed by atoms with Crippen LogP contribution < -0.4 is 14.8 Å². The number of thiazole rings is 1. The number of rotatable bonds is 9. The lowest BCUT2D eigenvalue weighted by atomic mass is 10.1. The van der Waals surface area contributed by atoms with Gasteiger partial charge in [-0.3, -0.25) is 4.40 Å². The Bertz CT molecular complexity index is 1620. The van der Waals surface area contributed by atoms with Gasteiger partial charge < -0.3 is 10.1 Å². The number of aromatic nitrogens is 4. The summed E-state index contributed by atoms with van der Waals surface area (Å²) < 4.78 is 47.8. The van der Waals surface area contributed by atoms with Crippen molar-refractivity contribution in [1.82, 2.24) is 24.1 Å². The quantitative estimate of drug-likeness (QED) is 0.280. The Morgan fingerprint density at radius 3 is 2.69 bits per heavy atom. The second-order valence-corrected chi connectivity index (χ2v) is 10.3. The first-order valence-corrected chi connectivity index (χ1v) is 13.2. The van der Waals surface area contributed by atoms with Crippen molar-refractivity contribution in [3.63, 3.8) is 0 Å². The summed E-state index contributed by atoms with van der Waals surface area (Å²) in [6.07, 6.45) is 3.57. The molecule has 0 bridgehead atoms. The Morgan fingerprint density at radius 2 is 1.92 bits per heavy atom.